The molecule has 19 heavy (non-hydrogen) atoms. The molecule has 0 radical (unpaired) electrons. The SMILES string of the molecule is O=C(Nc1cccnc1C(=O)O)c1cncc(Br)c1. The normalized spacial score (nSPS) is 9.95. The number of aromatic nitrogens is 2. The molecule has 1 amide bonds. The summed E-state index contributed by atoms with van der Waals surface area (Å²) in [5, 5.41) is 11.5. The summed E-state index contributed by atoms with van der Waals surface area (Å²) in [5.41, 5.74) is 0.244. The number of pyridine rings is 2. The van der Waals surface area contributed by atoms with Gasteiger partial charge >= 0.3 is 5.97 Å². The summed E-state index contributed by atoms with van der Waals surface area (Å²) >= 11 is 3.20. The highest BCUT2D eigenvalue weighted by Crippen LogP contribution is 2.15. The summed E-state index contributed by atoms with van der Waals surface area (Å²) in [7, 11) is 0. The van der Waals surface area contributed by atoms with E-state index in [0.717, 1.165) is 0 Å². The molecule has 6 nitrogen and oxygen atoms in total. The van der Waals surface area contributed by atoms with Gasteiger partial charge in [-0.2, -0.15) is 0 Å². The first-order valence-electron chi connectivity index (χ1n) is 5.18. The van der Waals surface area contributed by atoms with E-state index in [-0.39, 0.29) is 11.4 Å². The number of hydrogen-bond donors (Lipinski definition) is 2. The molecule has 0 saturated carbocycles. The predicted molar refractivity (Wildman–Crippen MR) is 71.1 cm³/mol. The van der Waals surface area contributed by atoms with Crippen LogP contribution in [0.5, 0.6) is 0 Å². The van der Waals surface area contributed by atoms with E-state index < -0.39 is 11.9 Å². The molecule has 0 spiro atoms. The van der Waals surface area contributed by atoms with Crippen molar-refractivity contribution < 1.29 is 14.7 Å². The summed E-state index contributed by atoms with van der Waals surface area (Å²) in [6.45, 7) is 0. The molecule has 0 aliphatic carbocycles. The Labute approximate surface area is 116 Å². The van der Waals surface area contributed by atoms with Crippen molar-refractivity contribution in [1.29, 1.82) is 0 Å². The van der Waals surface area contributed by atoms with Crippen LogP contribution in [-0.2, 0) is 0 Å². The van der Waals surface area contributed by atoms with Crippen molar-refractivity contribution >= 4 is 33.5 Å². The smallest absolute Gasteiger partial charge is 0.356 e. The van der Waals surface area contributed by atoms with Crippen molar-refractivity contribution in [1.82, 2.24) is 9.97 Å². The van der Waals surface area contributed by atoms with Crippen LogP contribution >= 0.6 is 15.9 Å². The van der Waals surface area contributed by atoms with Crippen LogP contribution in [-0.4, -0.2) is 27.0 Å². The topological polar surface area (TPSA) is 92.2 Å². The van der Waals surface area contributed by atoms with Crippen LogP contribution in [0.25, 0.3) is 0 Å². The Hall–Kier alpha value is -2.28. The fraction of sp³-hybridized carbons (Fsp3) is 0. The number of carbonyl (C=O) groups excluding carboxylic acids is 1. The molecule has 7 heteroatoms. The number of carbonyl (C=O) groups is 2. The minimum absolute atomic E-state index is 0.139. The maximum atomic E-state index is 11.9. The third kappa shape index (κ3) is 3.14. The molecule has 2 heterocycles. The molecule has 0 saturated heterocycles. The highest BCUT2D eigenvalue weighted by molar-refractivity contribution is 9.10. The van der Waals surface area contributed by atoms with Crippen LogP contribution in [0.2, 0.25) is 0 Å². The van der Waals surface area contributed by atoms with Crippen LogP contribution in [0.1, 0.15) is 20.8 Å². The second-order valence-electron chi connectivity index (χ2n) is 3.55. The van der Waals surface area contributed by atoms with Gasteiger partial charge in [0.2, 0.25) is 0 Å². The number of carboxylic acid groups (broad SMARTS) is 1. The van der Waals surface area contributed by atoms with Crippen LogP contribution in [0.3, 0.4) is 0 Å². The van der Waals surface area contributed by atoms with Gasteiger partial charge in [0.15, 0.2) is 5.69 Å². The number of rotatable bonds is 3. The molecule has 0 unspecified atom stereocenters. The maximum absolute atomic E-state index is 11.9. The molecular formula is C12H8BrN3O3. The zero-order chi connectivity index (χ0) is 13.8. The molecule has 0 aliphatic heterocycles. The Morgan fingerprint density at radius 2 is 2.11 bits per heavy atom. The Bertz CT molecular complexity index is 646. The summed E-state index contributed by atoms with van der Waals surface area (Å²) in [5.74, 6) is -1.66. The van der Waals surface area contributed by atoms with Crippen molar-refractivity contribution in [2.75, 3.05) is 5.32 Å². The third-order valence-corrected chi connectivity index (χ3v) is 2.66. The molecule has 2 aromatic heterocycles. The van der Waals surface area contributed by atoms with Crippen LogP contribution in [0.15, 0.2) is 41.3 Å². The summed E-state index contributed by atoms with van der Waals surface area (Å²) in [6, 6.07) is 4.60. The number of halogens is 1. The molecule has 0 aliphatic rings. The zero-order valence-electron chi connectivity index (χ0n) is 9.50. The van der Waals surface area contributed by atoms with E-state index in [2.05, 4.69) is 31.2 Å². The van der Waals surface area contributed by atoms with Gasteiger partial charge in [0, 0.05) is 23.1 Å². The summed E-state index contributed by atoms with van der Waals surface area (Å²) in [4.78, 5) is 30.5. The zero-order valence-corrected chi connectivity index (χ0v) is 11.1. The van der Waals surface area contributed by atoms with Gasteiger partial charge < -0.3 is 10.4 Å². The van der Waals surface area contributed by atoms with Gasteiger partial charge in [0.05, 0.1) is 11.3 Å². The van der Waals surface area contributed by atoms with E-state index in [9.17, 15) is 9.59 Å². The first-order valence-corrected chi connectivity index (χ1v) is 5.97. The summed E-state index contributed by atoms with van der Waals surface area (Å²) < 4.78 is 0.657. The Kier molecular flexibility index (Phi) is 3.86. The molecule has 2 N–H and O–H groups in total. The quantitative estimate of drug-likeness (QED) is 0.904. The molecule has 2 rings (SSSR count). The first-order chi connectivity index (χ1) is 9.08. The molecule has 0 bridgehead atoms. The van der Waals surface area contributed by atoms with Gasteiger partial charge in [-0.05, 0) is 34.1 Å². The van der Waals surface area contributed by atoms with Crippen LogP contribution in [0, 0.1) is 0 Å². The van der Waals surface area contributed by atoms with Gasteiger partial charge in [-0.3, -0.25) is 9.78 Å². The predicted octanol–water partition coefficient (Wildman–Crippen LogP) is 2.19. The number of amides is 1. The Balaban J connectivity index is 2.27. The Morgan fingerprint density at radius 1 is 1.32 bits per heavy atom. The standard InChI is InChI=1S/C12H8BrN3O3/c13-8-4-7(5-14-6-8)11(17)16-9-2-1-3-15-10(9)12(18)19/h1-6H,(H,16,17)(H,18,19). The van der Waals surface area contributed by atoms with Gasteiger partial charge in [0.25, 0.3) is 5.91 Å². The number of nitrogens with one attached hydrogen (secondary N) is 1. The average Bonchev–Trinajstić information content (AvgIpc) is 2.39. The third-order valence-electron chi connectivity index (χ3n) is 2.23. The molecular weight excluding hydrogens is 314 g/mol. The highest BCUT2D eigenvalue weighted by Gasteiger charge is 2.14. The van der Waals surface area contributed by atoms with E-state index >= 15 is 0 Å². The monoisotopic (exact) mass is 321 g/mol. The number of carboxylic acids is 1. The van der Waals surface area contributed by atoms with Crippen molar-refractivity contribution in [2.45, 2.75) is 0 Å². The lowest BCUT2D eigenvalue weighted by Crippen LogP contribution is -2.15. The van der Waals surface area contributed by atoms with E-state index in [1.807, 2.05) is 0 Å². The van der Waals surface area contributed by atoms with Crippen molar-refractivity contribution in [3.8, 4) is 0 Å². The highest BCUT2D eigenvalue weighted by atomic mass is 79.9. The fourth-order valence-electron chi connectivity index (χ4n) is 1.41. The van der Waals surface area contributed by atoms with E-state index in [1.54, 1.807) is 18.3 Å². The Morgan fingerprint density at radius 3 is 2.79 bits per heavy atom. The molecule has 0 fully saturated rings. The second kappa shape index (κ2) is 5.57. The van der Waals surface area contributed by atoms with E-state index in [4.69, 9.17) is 5.11 Å². The second-order valence-corrected chi connectivity index (χ2v) is 4.47. The number of nitrogens with zero attached hydrogens (tertiary/aromatic N) is 2. The lowest BCUT2D eigenvalue weighted by Gasteiger charge is -2.07. The van der Waals surface area contributed by atoms with Gasteiger partial charge in [0.1, 0.15) is 0 Å². The summed E-state index contributed by atoms with van der Waals surface area (Å²) in [6.07, 6.45) is 4.28. The number of anilines is 1. The van der Waals surface area contributed by atoms with E-state index in [1.165, 1.54) is 18.5 Å². The molecule has 2 aromatic rings. The lowest BCUT2D eigenvalue weighted by atomic mass is 10.2. The van der Waals surface area contributed by atoms with Crippen molar-refractivity contribution in [2.24, 2.45) is 0 Å². The minimum atomic E-state index is -1.21. The van der Waals surface area contributed by atoms with Gasteiger partial charge in [-0.1, -0.05) is 0 Å². The lowest BCUT2D eigenvalue weighted by molar-refractivity contribution is 0.0692. The van der Waals surface area contributed by atoms with Crippen molar-refractivity contribution in [3.05, 3.63) is 52.5 Å². The number of hydrogen-bond acceptors (Lipinski definition) is 4. The molecule has 0 aromatic carbocycles. The van der Waals surface area contributed by atoms with Crippen molar-refractivity contribution in [3.63, 3.8) is 0 Å². The fourth-order valence-corrected chi connectivity index (χ4v) is 1.77. The largest absolute Gasteiger partial charge is 0.476 e. The molecule has 96 valence electrons. The van der Waals surface area contributed by atoms with Gasteiger partial charge in [-0.15, -0.1) is 0 Å². The van der Waals surface area contributed by atoms with Gasteiger partial charge in [-0.25, -0.2) is 9.78 Å². The molecule has 0 atom stereocenters. The maximum Gasteiger partial charge on any atom is 0.356 e. The van der Waals surface area contributed by atoms with Crippen LogP contribution in [0.4, 0.5) is 5.69 Å². The minimum Gasteiger partial charge on any atom is -0.476 e. The average molecular weight is 322 g/mol. The van der Waals surface area contributed by atoms with E-state index in [0.29, 0.717) is 10.0 Å². The number of aromatic carboxylic acids is 1. The van der Waals surface area contributed by atoms with Crippen LogP contribution < -0.4 is 5.32 Å². The first kappa shape index (κ1) is 13.2.